The molecule has 0 aliphatic carbocycles. The highest BCUT2D eigenvalue weighted by atomic mass is 14.6. The normalized spacial score (nSPS) is 10.5. The molecule has 0 fully saturated rings. The first-order chi connectivity index (χ1) is 7.95. The highest BCUT2D eigenvalue weighted by molar-refractivity contribution is 5.96. The van der Waals surface area contributed by atoms with E-state index in [2.05, 4.69) is 53.6 Å². The lowest BCUT2D eigenvalue weighted by atomic mass is 10.00. The van der Waals surface area contributed by atoms with E-state index in [1.807, 2.05) is 18.3 Å². The first kappa shape index (κ1) is 9.10. The molecule has 0 aliphatic rings. The molecule has 0 spiro atoms. The van der Waals surface area contributed by atoms with Crippen molar-refractivity contribution < 1.29 is 0 Å². The summed E-state index contributed by atoms with van der Waals surface area (Å²) in [6, 6.07) is 18.6. The van der Waals surface area contributed by atoms with Gasteiger partial charge < -0.3 is 0 Å². The van der Waals surface area contributed by atoms with Crippen molar-refractivity contribution in [3.8, 4) is 11.1 Å². The van der Waals surface area contributed by atoms with Gasteiger partial charge in [-0.3, -0.25) is 4.98 Å². The highest BCUT2D eigenvalue weighted by Gasteiger charge is 2.01. The van der Waals surface area contributed by atoms with Gasteiger partial charge in [-0.05, 0) is 22.4 Å². The summed E-state index contributed by atoms with van der Waals surface area (Å²) in [4.78, 5) is 4.04. The van der Waals surface area contributed by atoms with Gasteiger partial charge in [-0.25, -0.2) is 0 Å². The van der Waals surface area contributed by atoms with E-state index in [0.717, 1.165) is 5.56 Å². The minimum absolute atomic E-state index is 1.13. The van der Waals surface area contributed by atoms with Gasteiger partial charge in [0.25, 0.3) is 0 Å². The van der Waals surface area contributed by atoms with Crippen LogP contribution in [-0.4, -0.2) is 4.98 Å². The van der Waals surface area contributed by atoms with Crippen molar-refractivity contribution in [1.82, 2.24) is 4.98 Å². The molecule has 0 N–H and O–H groups in total. The molecular weight excluding hydrogens is 194 g/mol. The fourth-order valence-electron chi connectivity index (χ4n) is 1.96. The molecule has 2 aromatic carbocycles. The monoisotopic (exact) mass is 204 g/mol. The maximum atomic E-state index is 4.04. The first-order valence-corrected chi connectivity index (χ1v) is 5.25. The largest absolute Gasteiger partial charge is 0.254 e. The molecule has 1 radical (unpaired) electrons. The van der Waals surface area contributed by atoms with Gasteiger partial charge in [0, 0.05) is 11.8 Å². The van der Waals surface area contributed by atoms with Crippen molar-refractivity contribution in [3.05, 3.63) is 67.0 Å². The molecule has 0 unspecified atom stereocenters. The second-order valence-electron chi connectivity index (χ2n) is 3.70. The topological polar surface area (TPSA) is 12.9 Å². The number of hydrogen-bond acceptors (Lipinski definition) is 1. The Kier molecular flexibility index (Phi) is 2.15. The molecule has 1 heteroatoms. The van der Waals surface area contributed by atoms with Crippen molar-refractivity contribution >= 4 is 10.8 Å². The summed E-state index contributed by atoms with van der Waals surface area (Å²) in [5, 5.41) is 2.52. The second-order valence-corrected chi connectivity index (χ2v) is 3.70. The van der Waals surface area contributed by atoms with Crippen LogP contribution in [0.1, 0.15) is 0 Å². The Morgan fingerprint density at radius 1 is 0.875 bits per heavy atom. The molecule has 75 valence electrons. The quantitative estimate of drug-likeness (QED) is 0.589. The molecule has 0 saturated carbocycles. The second kappa shape index (κ2) is 3.78. The van der Waals surface area contributed by atoms with Crippen molar-refractivity contribution in [1.29, 1.82) is 0 Å². The maximum Gasteiger partial charge on any atom is 0.0886 e. The number of nitrogens with zero attached hydrogens (tertiary/aromatic N) is 1. The summed E-state index contributed by atoms with van der Waals surface area (Å²) in [7, 11) is 0. The van der Waals surface area contributed by atoms with Gasteiger partial charge in [-0.1, -0.05) is 48.5 Å². The van der Waals surface area contributed by atoms with E-state index >= 15 is 0 Å². The molecule has 16 heavy (non-hydrogen) atoms. The molecule has 1 heterocycles. The average Bonchev–Trinajstić information content (AvgIpc) is 2.39. The lowest BCUT2D eigenvalue weighted by Crippen LogP contribution is -1.81. The van der Waals surface area contributed by atoms with Gasteiger partial charge in [0.15, 0.2) is 0 Å². The van der Waals surface area contributed by atoms with Crippen LogP contribution >= 0.6 is 0 Å². The van der Waals surface area contributed by atoms with Crippen LogP contribution in [0.15, 0.2) is 60.8 Å². The summed E-state index contributed by atoms with van der Waals surface area (Å²) >= 11 is 0. The van der Waals surface area contributed by atoms with E-state index in [4.69, 9.17) is 0 Å². The highest BCUT2D eigenvalue weighted by Crippen LogP contribution is 2.27. The molecule has 0 amide bonds. The minimum atomic E-state index is 1.13. The number of fused-ring (bicyclic) bond motifs is 1. The molecule has 1 aromatic heterocycles. The zero-order valence-electron chi connectivity index (χ0n) is 8.72. The molecule has 0 saturated heterocycles. The van der Waals surface area contributed by atoms with E-state index in [0.29, 0.717) is 0 Å². The molecule has 3 rings (SSSR count). The number of aromatic nitrogens is 1. The summed E-state index contributed by atoms with van der Waals surface area (Å²) in [6.07, 6.45) is 4.65. The van der Waals surface area contributed by atoms with E-state index in [1.54, 1.807) is 0 Å². The predicted octanol–water partition coefficient (Wildman–Crippen LogP) is 3.70. The molecule has 0 aliphatic heterocycles. The number of pyridine rings is 1. The van der Waals surface area contributed by atoms with Crippen LogP contribution in [0.5, 0.6) is 0 Å². The van der Waals surface area contributed by atoms with Gasteiger partial charge in [0.2, 0.25) is 0 Å². The zero-order chi connectivity index (χ0) is 10.8. The minimum Gasteiger partial charge on any atom is -0.254 e. The summed E-state index contributed by atoms with van der Waals surface area (Å²) in [6.45, 7) is 0. The van der Waals surface area contributed by atoms with E-state index in [1.165, 1.54) is 16.3 Å². The third-order valence-electron chi connectivity index (χ3n) is 2.72. The van der Waals surface area contributed by atoms with Crippen LogP contribution in [0.4, 0.5) is 0 Å². The standard InChI is InChI=1S/C15H10N/c1-2-8-14-12(5-1)6-3-9-15(14)13-7-4-10-16-11-13/h1-9,11H. The Morgan fingerprint density at radius 3 is 2.62 bits per heavy atom. The van der Waals surface area contributed by atoms with Gasteiger partial charge in [0.1, 0.15) is 0 Å². The van der Waals surface area contributed by atoms with Crippen LogP contribution in [0, 0.1) is 6.20 Å². The fraction of sp³-hybridized carbons (Fsp3) is 0. The van der Waals surface area contributed by atoms with Crippen molar-refractivity contribution in [2.75, 3.05) is 0 Å². The number of rotatable bonds is 1. The van der Waals surface area contributed by atoms with Gasteiger partial charge in [-0.2, -0.15) is 0 Å². The Balaban J connectivity index is 2.32. The van der Waals surface area contributed by atoms with Crippen molar-refractivity contribution in [3.63, 3.8) is 0 Å². The van der Waals surface area contributed by atoms with E-state index in [9.17, 15) is 0 Å². The first-order valence-electron chi connectivity index (χ1n) is 5.25. The van der Waals surface area contributed by atoms with E-state index in [-0.39, 0.29) is 0 Å². The molecule has 0 bridgehead atoms. The van der Waals surface area contributed by atoms with Crippen LogP contribution in [-0.2, 0) is 0 Å². The number of benzene rings is 2. The Hall–Kier alpha value is -2.15. The smallest absolute Gasteiger partial charge is 0.0886 e. The van der Waals surface area contributed by atoms with Gasteiger partial charge >= 0.3 is 0 Å². The van der Waals surface area contributed by atoms with Gasteiger partial charge in [-0.15, -0.1) is 0 Å². The predicted molar refractivity (Wildman–Crippen MR) is 66.0 cm³/mol. The van der Waals surface area contributed by atoms with Crippen molar-refractivity contribution in [2.45, 2.75) is 0 Å². The SMILES string of the molecule is [c]1ccc(-c2cccc3ccccc23)cn1. The molecule has 3 aromatic rings. The summed E-state index contributed by atoms with van der Waals surface area (Å²) < 4.78 is 0. The lowest BCUT2D eigenvalue weighted by molar-refractivity contribution is 1.31. The molecule has 1 nitrogen and oxygen atoms in total. The molecular formula is C15H10N. The van der Waals surface area contributed by atoms with Crippen molar-refractivity contribution in [2.24, 2.45) is 0 Å². The Labute approximate surface area is 94.4 Å². The maximum absolute atomic E-state index is 4.04. The van der Waals surface area contributed by atoms with E-state index < -0.39 is 0 Å². The Morgan fingerprint density at radius 2 is 1.75 bits per heavy atom. The summed E-state index contributed by atoms with van der Waals surface area (Å²) in [5.41, 5.74) is 2.36. The lowest BCUT2D eigenvalue weighted by Gasteiger charge is -2.05. The van der Waals surface area contributed by atoms with Gasteiger partial charge in [0.05, 0.1) is 6.20 Å². The van der Waals surface area contributed by atoms with Crippen LogP contribution < -0.4 is 0 Å². The summed E-state index contributed by atoms with van der Waals surface area (Å²) in [5.74, 6) is 0. The third-order valence-corrected chi connectivity index (χ3v) is 2.72. The molecule has 0 atom stereocenters. The van der Waals surface area contributed by atoms with Crippen LogP contribution in [0.25, 0.3) is 21.9 Å². The third kappa shape index (κ3) is 1.47. The Bertz CT molecular complexity index is 609. The fourth-order valence-corrected chi connectivity index (χ4v) is 1.96. The number of hydrogen-bond donors (Lipinski definition) is 0. The van der Waals surface area contributed by atoms with Crippen LogP contribution in [0.3, 0.4) is 0 Å². The average molecular weight is 204 g/mol. The van der Waals surface area contributed by atoms with Crippen LogP contribution in [0.2, 0.25) is 0 Å². The zero-order valence-corrected chi connectivity index (χ0v) is 8.72.